The van der Waals surface area contributed by atoms with Gasteiger partial charge < -0.3 is 15.7 Å². The van der Waals surface area contributed by atoms with Gasteiger partial charge in [0.25, 0.3) is 0 Å². The lowest BCUT2D eigenvalue weighted by molar-refractivity contribution is -0.122. The molecule has 0 radical (unpaired) electrons. The van der Waals surface area contributed by atoms with Crippen LogP contribution in [0.25, 0.3) is 0 Å². The Morgan fingerprint density at radius 1 is 1.38 bits per heavy atom. The molecule has 2 rings (SSSR count). The fraction of sp³-hybridized carbons (Fsp3) is 0.333. The summed E-state index contributed by atoms with van der Waals surface area (Å²) in [5, 5.41) is 18.6. The van der Waals surface area contributed by atoms with Crippen LogP contribution in [-0.2, 0) is 17.9 Å². The second-order valence-electron chi connectivity index (χ2n) is 4.78. The average molecular weight is 288 g/mol. The van der Waals surface area contributed by atoms with Gasteiger partial charge in [-0.3, -0.25) is 9.48 Å². The Balaban J connectivity index is 1.86. The Bertz CT molecular complexity index is 595. The second kappa shape index (κ2) is 7.44. The van der Waals surface area contributed by atoms with Gasteiger partial charge in [0.05, 0.1) is 18.5 Å². The fourth-order valence-corrected chi connectivity index (χ4v) is 1.95. The first kappa shape index (κ1) is 15.1. The van der Waals surface area contributed by atoms with Crippen molar-refractivity contribution in [2.75, 3.05) is 18.5 Å². The monoisotopic (exact) mass is 288 g/mol. The minimum absolute atomic E-state index is 0.0614. The predicted octanol–water partition coefficient (Wildman–Crippen LogP) is 0.912. The zero-order valence-electron chi connectivity index (χ0n) is 12.0. The summed E-state index contributed by atoms with van der Waals surface area (Å²) in [6.45, 7) is 3.14. The lowest BCUT2D eigenvalue weighted by Gasteiger charge is -2.06. The van der Waals surface area contributed by atoms with Gasteiger partial charge in [0.2, 0.25) is 5.91 Å². The van der Waals surface area contributed by atoms with E-state index in [1.165, 1.54) is 11.1 Å². The molecule has 1 aromatic carbocycles. The van der Waals surface area contributed by atoms with E-state index in [1.54, 1.807) is 17.1 Å². The average Bonchev–Trinajstić information content (AvgIpc) is 2.92. The number of hydrogen-bond acceptors (Lipinski definition) is 4. The Morgan fingerprint density at radius 3 is 2.95 bits per heavy atom. The summed E-state index contributed by atoms with van der Waals surface area (Å²) >= 11 is 0. The third-order valence-electron chi connectivity index (χ3n) is 3.12. The van der Waals surface area contributed by atoms with E-state index in [2.05, 4.69) is 34.8 Å². The number of carbonyl (C=O) groups excluding carboxylic acids is 1. The highest BCUT2D eigenvalue weighted by Gasteiger charge is 2.04. The van der Waals surface area contributed by atoms with Crippen LogP contribution in [0, 0.1) is 6.92 Å². The minimum atomic E-state index is -0.169. The molecule has 0 saturated carbocycles. The largest absolute Gasteiger partial charge is 0.395 e. The number of aliphatic hydroxyl groups is 1. The van der Waals surface area contributed by atoms with Crippen molar-refractivity contribution in [2.24, 2.45) is 0 Å². The van der Waals surface area contributed by atoms with Gasteiger partial charge in [-0.2, -0.15) is 5.10 Å². The van der Waals surface area contributed by atoms with Crippen molar-refractivity contribution in [1.82, 2.24) is 15.1 Å². The highest BCUT2D eigenvalue weighted by atomic mass is 16.3. The molecule has 0 spiro atoms. The summed E-state index contributed by atoms with van der Waals surface area (Å²) in [7, 11) is 0. The lowest BCUT2D eigenvalue weighted by Crippen LogP contribution is -2.30. The van der Waals surface area contributed by atoms with Crippen LogP contribution in [0.15, 0.2) is 36.7 Å². The fourth-order valence-electron chi connectivity index (χ4n) is 1.95. The molecule has 0 unspecified atom stereocenters. The van der Waals surface area contributed by atoms with Crippen molar-refractivity contribution in [2.45, 2.75) is 20.0 Å². The molecule has 21 heavy (non-hydrogen) atoms. The Kier molecular flexibility index (Phi) is 5.34. The molecule has 0 atom stereocenters. The van der Waals surface area contributed by atoms with Crippen LogP contribution in [0.1, 0.15) is 11.1 Å². The van der Waals surface area contributed by atoms with E-state index in [9.17, 15) is 4.79 Å². The number of amides is 1. The molecule has 1 aromatic heterocycles. The minimum Gasteiger partial charge on any atom is -0.395 e. The molecule has 0 aliphatic rings. The summed E-state index contributed by atoms with van der Waals surface area (Å²) in [5.41, 5.74) is 3.33. The number of aryl methyl sites for hydroxylation is 1. The highest BCUT2D eigenvalue weighted by Crippen LogP contribution is 2.11. The van der Waals surface area contributed by atoms with Gasteiger partial charge in [0.1, 0.15) is 6.54 Å². The molecule has 0 bridgehead atoms. The third-order valence-corrected chi connectivity index (χ3v) is 3.12. The van der Waals surface area contributed by atoms with E-state index in [0.717, 1.165) is 12.2 Å². The van der Waals surface area contributed by atoms with Crippen LogP contribution < -0.4 is 10.6 Å². The van der Waals surface area contributed by atoms with E-state index in [1.807, 2.05) is 12.1 Å². The molecule has 6 heteroatoms. The normalized spacial score (nSPS) is 10.4. The first-order valence-corrected chi connectivity index (χ1v) is 6.87. The quantitative estimate of drug-likeness (QED) is 0.707. The van der Waals surface area contributed by atoms with Crippen LogP contribution in [-0.4, -0.2) is 33.9 Å². The molecule has 112 valence electrons. The smallest absolute Gasteiger partial charge is 0.241 e. The summed E-state index contributed by atoms with van der Waals surface area (Å²) < 4.78 is 1.56. The molecule has 1 heterocycles. The van der Waals surface area contributed by atoms with Crippen LogP contribution in [0.5, 0.6) is 0 Å². The molecular weight excluding hydrogens is 268 g/mol. The zero-order valence-corrected chi connectivity index (χ0v) is 12.0. The number of aliphatic hydroxyl groups excluding tert-OH is 1. The Hall–Kier alpha value is -2.34. The standard InChI is InChI=1S/C15H20N4O2/c1-12-4-2-3-5-13(12)8-17-14-9-18-19(10-14)11-15(21)16-6-7-20/h2-5,9-10,17,20H,6-8,11H2,1H3,(H,16,21). The number of rotatable bonds is 7. The first-order valence-electron chi connectivity index (χ1n) is 6.87. The van der Waals surface area contributed by atoms with E-state index in [0.29, 0.717) is 0 Å². The summed E-state index contributed by atoms with van der Waals surface area (Å²) in [6.07, 6.45) is 3.48. The van der Waals surface area contributed by atoms with Gasteiger partial charge in [0, 0.05) is 19.3 Å². The van der Waals surface area contributed by atoms with E-state index in [4.69, 9.17) is 5.11 Å². The summed E-state index contributed by atoms with van der Waals surface area (Å²) in [6, 6.07) is 8.18. The maximum absolute atomic E-state index is 11.5. The topological polar surface area (TPSA) is 79.2 Å². The van der Waals surface area contributed by atoms with Crippen molar-refractivity contribution in [3.63, 3.8) is 0 Å². The lowest BCUT2D eigenvalue weighted by atomic mass is 10.1. The molecular formula is C15H20N4O2. The van der Waals surface area contributed by atoms with Crippen LogP contribution >= 0.6 is 0 Å². The third kappa shape index (κ3) is 4.61. The van der Waals surface area contributed by atoms with E-state index in [-0.39, 0.29) is 25.6 Å². The first-order chi connectivity index (χ1) is 10.2. The van der Waals surface area contributed by atoms with E-state index < -0.39 is 0 Å². The molecule has 0 aliphatic heterocycles. The van der Waals surface area contributed by atoms with Gasteiger partial charge in [-0.1, -0.05) is 24.3 Å². The molecule has 6 nitrogen and oxygen atoms in total. The van der Waals surface area contributed by atoms with Crippen molar-refractivity contribution < 1.29 is 9.90 Å². The van der Waals surface area contributed by atoms with Gasteiger partial charge in [0.15, 0.2) is 0 Å². The molecule has 0 aliphatic carbocycles. The molecule has 0 fully saturated rings. The van der Waals surface area contributed by atoms with Gasteiger partial charge >= 0.3 is 0 Å². The molecule has 2 aromatic rings. The van der Waals surface area contributed by atoms with Gasteiger partial charge in [-0.25, -0.2) is 0 Å². The van der Waals surface area contributed by atoms with Crippen LogP contribution in [0.3, 0.4) is 0 Å². The molecule has 0 saturated heterocycles. The van der Waals surface area contributed by atoms with Crippen LogP contribution in [0.4, 0.5) is 5.69 Å². The predicted molar refractivity (Wildman–Crippen MR) is 80.8 cm³/mol. The van der Waals surface area contributed by atoms with Gasteiger partial charge in [-0.05, 0) is 18.1 Å². The Labute approximate surface area is 123 Å². The number of carbonyl (C=O) groups is 1. The number of nitrogens with one attached hydrogen (secondary N) is 2. The number of anilines is 1. The maximum Gasteiger partial charge on any atom is 0.241 e. The van der Waals surface area contributed by atoms with Gasteiger partial charge in [-0.15, -0.1) is 0 Å². The summed E-state index contributed by atoms with van der Waals surface area (Å²) in [5.74, 6) is -0.169. The Morgan fingerprint density at radius 2 is 2.19 bits per heavy atom. The summed E-state index contributed by atoms with van der Waals surface area (Å²) in [4.78, 5) is 11.5. The van der Waals surface area contributed by atoms with Crippen molar-refractivity contribution in [3.05, 3.63) is 47.8 Å². The SMILES string of the molecule is Cc1ccccc1CNc1cnn(CC(=O)NCCO)c1. The van der Waals surface area contributed by atoms with Crippen LogP contribution in [0.2, 0.25) is 0 Å². The van der Waals surface area contributed by atoms with E-state index >= 15 is 0 Å². The number of aromatic nitrogens is 2. The molecule has 3 N–H and O–H groups in total. The maximum atomic E-state index is 11.5. The number of benzene rings is 1. The van der Waals surface area contributed by atoms with Crippen molar-refractivity contribution >= 4 is 11.6 Å². The molecule has 1 amide bonds. The highest BCUT2D eigenvalue weighted by molar-refractivity contribution is 5.75. The zero-order chi connectivity index (χ0) is 15.1. The van der Waals surface area contributed by atoms with Crippen molar-refractivity contribution in [1.29, 1.82) is 0 Å². The second-order valence-corrected chi connectivity index (χ2v) is 4.78. The van der Waals surface area contributed by atoms with Crippen molar-refractivity contribution in [3.8, 4) is 0 Å². The number of hydrogen-bond donors (Lipinski definition) is 3. The number of nitrogens with zero attached hydrogens (tertiary/aromatic N) is 2.